The standard InChI is InChI=1S/C9H18N4OS/c15-9-10-7-13(8-11-9)2-1-12-3-5-14-6-4-12/h1-8H2,(H2,10,11,15)/p+2. The predicted molar refractivity (Wildman–Crippen MR) is 60.8 cm³/mol. The molecule has 2 rings (SSSR count). The normalized spacial score (nSPS) is 24.7. The molecule has 0 aliphatic carbocycles. The van der Waals surface area contributed by atoms with Crippen LogP contribution in [0, 0.1) is 0 Å². The maximum absolute atomic E-state index is 5.34. The van der Waals surface area contributed by atoms with Gasteiger partial charge in [0.25, 0.3) is 0 Å². The summed E-state index contributed by atoms with van der Waals surface area (Å²) in [5.74, 6) is 0. The van der Waals surface area contributed by atoms with Crippen LogP contribution in [0.25, 0.3) is 0 Å². The first-order valence-electron chi connectivity index (χ1n) is 5.61. The first-order chi connectivity index (χ1) is 7.34. The minimum atomic E-state index is 0.789. The summed E-state index contributed by atoms with van der Waals surface area (Å²) in [6.07, 6.45) is 0. The Bertz CT molecular complexity index is 210. The number of morpholine rings is 1. The van der Waals surface area contributed by atoms with Gasteiger partial charge in [0.15, 0.2) is 18.4 Å². The Morgan fingerprint density at radius 2 is 1.67 bits per heavy atom. The van der Waals surface area contributed by atoms with Gasteiger partial charge < -0.3 is 20.3 Å². The lowest BCUT2D eigenvalue weighted by Gasteiger charge is -2.29. The number of hydrogen-bond acceptors (Lipinski definition) is 2. The zero-order valence-electron chi connectivity index (χ0n) is 8.97. The summed E-state index contributed by atoms with van der Waals surface area (Å²) in [6.45, 7) is 8.49. The van der Waals surface area contributed by atoms with Crippen molar-refractivity contribution in [3.8, 4) is 0 Å². The average Bonchev–Trinajstić information content (AvgIpc) is 2.30. The molecule has 2 fully saturated rings. The van der Waals surface area contributed by atoms with E-state index in [0.29, 0.717) is 0 Å². The van der Waals surface area contributed by atoms with E-state index in [4.69, 9.17) is 17.0 Å². The zero-order valence-corrected chi connectivity index (χ0v) is 9.79. The third-order valence-electron chi connectivity index (χ3n) is 3.03. The first-order valence-corrected chi connectivity index (χ1v) is 6.02. The molecule has 0 unspecified atom stereocenters. The lowest BCUT2D eigenvalue weighted by Crippen LogP contribution is -3.23. The van der Waals surface area contributed by atoms with Crippen LogP contribution in [0.5, 0.6) is 0 Å². The fraction of sp³-hybridized carbons (Fsp3) is 0.889. The molecule has 2 aliphatic heterocycles. The van der Waals surface area contributed by atoms with Crippen LogP contribution in [0.1, 0.15) is 0 Å². The second-order valence-electron chi connectivity index (χ2n) is 4.15. The summed E-state index contributed by atoms with van der Waals surface area (Å²) in [5, 5.41) is 7.13. The van der Waals surface area contributed by atoms with E-state index in [1.807, 2.05) is 0 Å². The summed E-state index contributed by atoms with van der Waals surface area (Å²) >= 11 is 5.01. The quantitative estimate of drug-likeness (QED) is 0.377. The summed E-state index contributed by atoms with van der Waals surface area (Å²) < 4.78 is 5.34. The van der Waals surface area contributed by atoms with Crippen LogP contribution < -0.4 is 20.4 Å². The van der Waals surface area contributed by atoms with Crippen molar-refractivity contribution in [2.75, 3.05) is 52.7 Å². The van der Waals surface area contributed by atoms with Crippen molar-refractivity contribution in [2.24, 2.45) is 0 Å². The highest BCUT2D eigenvalue weighted by Gasteiger charge is 2.19. The average molecular weight is 232 g/mol. The van der Waals surface area contributed by atoms with Gasteiger partial charge in [-0.1, -0.05) is 0 Å². The molecular formula is C9H20N4OS+2. The lowest BCUT2D eigenvalue weighted by molar-refractivity contribution is -0.963. The minimum absolute atomic E-state index is 0.789. The van der Waals surface area contributed by atoms with Crippen molar-refractivity contribution < 1.29 is 14.5 Å². The molecule has 0 aromatic rings. The number of nitrogens with one attached hydrogen (secondary N) is 4. The molecular weight excluding hydrogens is 212 g/mol. The van der Waals surface area contributed by atoms with Gasteiger partial charge in [-0.2, -0.15) is 0 Å². The third kappa shape index (κ3) is 3.57. The van der Waals surface area contributed by atoms with E-state index >= 15 is 0 Å². The number of ether oxygens (including phenoxy) is 1. The van der Waals surface area contributed by atoms with Gasteiger partial charge in [0.05, 0.1) is 13.2 Å². The minimum Gasteiger partial charge on any atom is -0.370 e. The Kier molecular flexibility index (Phi) is 4.13. The van der Waals surface area contributed by atoms with E-state index in [0.717, 1.165) is 44.8 Å². The molecule has 2 saturated heterocycles. The molecule has 0 atom stereocenters. The highest BCUT2D eigenvalue weighted by atomic mass is 32.1. The topological polar surface area (TPSA) is 42.2 Å². The molecule has 6 heteroatoms. The highest BCUT2D eigenvalue weighted by molar-refractivity contribution is 7.80. The molecule has 15 heavy (non-hydrogen) atoms. The molecule has 2 aliphatic rings. The first kappa shape index (κ1) is 11.1. The monoisotopic (exact) mass is 232 g/mol. The van der Waals surface area contributed by atoms with Gasteiger partial charge in [-0.15, -0.1) is 0 Å². The molecule has 0 radical (unpaired) electrons. The summed E-state index contributed by atoms with van der Waals surface area (Å²) in [7, 11) is 0. The van der Waals surface area contributed by atoms with E-state index in [1.165, 1.54) is 18.0 Å². The van der Waals surface area contributed by atoms with E-state index in [1.54, 1.807) is 4.90 Å². The van der Waals surface area contributed by atoms with Crippen molar-refractivity contribution in [1.29, 1.82) is 0 Å². The fourth-order valence-electron chi connectivity index (χ4n) is 1.98. The SMILES string of the molecule is S=C1NC[NH+](CC[NH+]2CCOCC2)CN1. The Labute approximate surface area is 95.7 Å². The zero-order chi connectivity index (χ0) is 10.5. The second-order valence-corrected chi connectivity index (χ2v) is 4.56. The van der Waals surface area contributed by atoms with Crippen LogP contribution in [0.15, 0.2) is 0 Å². The number of quaternary nitrogens is 2. The van der Waals surface area contributed by atoms with Gasteiger partial charge >= 0.3 is 0 Å². The number of hydrogen-bond donors (Lipinski definition) is 4. The number of rotatable bonds is 3. The summed E-state index contributed by atoms with van der Waals surface area (Å²) in [4.78, 5) is 3.20. The van der Waals surface area contributed by atoms with Gasteiger partial charge in [-0.05, 0) is 12.2 Å². The Morgan fingerprint density at radius 1 is 1.07 bits per heavy atom. The summed E-state index contributed by atoms with van der Waals surface area (Å²) in [6, 6.07) is 0. The van der Waals surface area contributed by atoms with Gasteiger partial charge in [0.2, 0.25) is 0 Å². The molecule has 86 valence electrons. The lowest BCUT2D eigenvalue weighted by atomic mass is 10.4. The Morgan fingerprint density at radius 3 is 2.33 bits per heavy atom. The fourth-order valence-corrected chi connectivity index (χ4v) is 2.12. The predicted octanol–water partition coefficient (Wildman–Crippen LogP) is -3.82. The van der Waals surface area contributed by atoms with Crippen LogP contribution >= 0.6 is 12.2 Å². The van der Waals surface area contributed by atoms with E-state index in [9.17, 15) is 0 Å². The van der Waals surface area contributed by atoms with Crippen molar-refractivity contribution in [1.82, 2.24) is 10.6 Å². The Balaban J connectivity index is 1.62. The molecule has 2 heterocycles. The maximum atomic E-state index is 5.34. The maximum Gasteiger partial charge on any atom is 0.174 e. The van der Waals surface area contributed by atoms with Crippen LogP contribution in [-0.2, 0) is 4.74 Å². The van der Waals surface area contributed by atoms with Gasteiger partial charge in [-0.25, -0.2) is 0 Å². The molecule has 0 spiro atoms. The summed E-state index contributed by atoms with van der Waals surface area (Å²) in [5.41, 5.74) is 0. The largest absolute Gasteiger partial charge is 0.370 e. The second kappa shape index (κ2) is 5.60. The van der Waals surface area contributed by atoms with Crippen LogP contribution in [0.4, 0.5) is 0 Å². The molecule has 4 N–H and O–H groups in total. The smallest absolute Gasteiger partial charge is 0.174 e. The van der Waals surface area contributed by atoms with Crippen molar-refractivity contribution in [3.63, 3.8) is 0 Å². The van der Waals surface area contributed by atoms with Gasteiger partial charge in [0.1, 0.15) is 26.2 Å². The molecule has 0 amide bonds. The third-order valence-corrected chi connectivity index (χ3v) is 3.32. The van der Waals surface area contributed by atoms with Crippen molar-refractivity contribution in [2.45, 2.75) is 0 Å². The van der Waals surface area contributed by atoms with Crippen molar-refractivity contribution in [3.05, 3.63) is 0 Å². The van der Waals surface area contributed by atoms with Gasteiger partial charge in [0, 0.05) is 0 Å². The molecule has 0 saturated carbocycles. The van der Waals surface area contributed by atoms with E-state index in [-0.39, 0.29) is 0 Å². The van der Waals surface area contributed by atoms with Crippen molar-refractivity contribution >= 4 is 17.3 Å². The molecule has 0 aromatic carbocycles. The van der Waals surface area contributed by atoms with Crippen LogP contribution in [0.3, 0.4) is 0 Å². The number of thiocarbonyl (C=S) groups is 1. The van der Waals surface area contributed by atoms with Crippen LogP contribution in [-0.4, -0.2) is 57.8 Å². The van der Waals surface area contributed by atoms with E-state index < -0.39 is 0 Å². The molecule has 5 nitrogen and oxygen atoms in total. The molecule has 0 aromatic heterocycles. The van der Waals surface area contributed by atoms with Gasteiger partial charge in [-0.3, -0.25) is 4.90 Å². The van der Waals surface area contributed by atoms with Crippen LogP contribution in [0.2, 0.25) is 0 Å². The highest BCUT2D eigenvalue weighted by Crippen LogP contribution is 1.73. The molecule has 0 bridgehead atoms. The van der Waals surface area contributed by atoms with E-state index in [2.05, 4.69) is 10.6 Å². The Hall–Kier alpha value is -0.430.